The van der Waals surface area contributed by atoms with Gasteiger partial charge in [0.1, 0.15) is 0 Å². The number of H-pyrrole nitrogens is 1. The summed E-state index contributed by atoms with van der Waals surface area (Å²) in [4.78, 5) is 37.9. The van der Waals surface area contributed by atoms with Gasteiger partial charge in [0.25, 0.3) is 5.56 Å². The van der Waals surface area contributed by atoms with Gasteiger partial charge in [-0.3, -0.25) is 14.6 Å². The van der Waals surface area contributed by atoms with Crippen molar-refractivity contribution in [3.8, 4) is 0 Å². The van der Waals surface area contributed by atoms with E-state index < -0.39 is 24.3 Å². The summed E-state index contributed by atoms with van der Waals surface area (Å²) in [5.74, 6) is -4.80. The highest BCUT2D eigenvalue weighted by Gasteiger charge is 2.38. The first-order valence-electron chi connectivity index (χ1n) is 11.3. The molecule has 0 aromatic carbocycles. The summed E-state index contributed by atoms with van der Waals surface area (Å²) in [7, 11) is 0. The number of rotatable bonds is 4. The van der Waals surface area contributed by atoms with Crippen molar-refractivity contribution >= 4 is 11.9 Å². The highest BCUT2D eigenvalue weighted by atomic mass is 19.4. The fourth-order valence-corrected chi connectivity index (χ4v) is 3.74. The van der Waals surface area contributed by atoms with Gasteiger partial charge in [0.2, 0.25) is 0 Å². The van der Waals surface area contributed by atoms with E-state index in [-0.39, 0.29) is 5.56 Å². The van der Waals surface area contributed by atoms with Gasteiger partial charge >= 0.3 is 24.3 Å². The van der Waals surface area contributed by atoms with Crippen molar-refractivity contribution in [1.29, 1.82) is 0 Å². The number of morpholine rings is 1. The number of carboxylic acids is 2. The van der Waals surface area contributed by atoms with Crippen molar-refractivity contribution in [2.24, 2.45) is 5.92 Å². The summed E-state index contributed by atoms with van der Waals surface area (Å²) < 4.78 is 68.9. The molecular formula is C22H31F6N3O6. The number of aromatic amines is 1. The molecule has 3 heterocycles. The highest BCUT2D eigenvalue weighted by molar-refractivity contribution is 5.73. The molecule has 1 atom stereocenters. The number of aryl methyl sites for hydroxylation is 2. The van der Waals surface area contributed by atoms with Crippen LogP contribution in [0.3, 0.4) is 0 Å². The number of nitrogens with one attached hydrogen (secondary N) is 1. The highest BCUT2D eigenvalue weighted by Crippen LogP contribution is 2.20. The fraction of sp³-hybridized carbons (Fsp3) is 0.682. The van der Waals surface area contributed by atoms with E-state index in [1.54, 1.807) is 0 Å². The number of piperidine rings is 1. The molecule has 15 heteroatoms. The Morgan fingerprint density at radius 3 is 2.00 bits per heavy atom. The summed E-state index contributed by atoms with van der Waals surface area (Å²) in [6, 6.07) is 2.06. The number of halogens is 6. The lowest BCUT2D eigenvalue weighted by Crippen LogP contribution is -2.44. The standard InChI is InChI=1S/C18H29N3O2.2C2HF3O2/c1-14-10-17(18(22)19-15(14)2)13-21-5-3-4-16(12-21)11-20-6-8-23-9-7-20;2*3-2(4,5)1(6)7/h10,16H,3-9,11-13H2,1-2H3,(H,19,22);2*(H,6,7). The number of aromatic nitrogens is 1. The average Bonchev–Trinajstić information content (AvgIpc) is 2.78. The molecule has 0 aliphatic carbocycles. The lowest BCUT2D eigenvalue weighted by atomic mass is 9.96. The molecule has 0 spiro atoms. The number of nitrogens with zero attached hydrogens (tertiary/aromatic N) is 2. The Bertz CT molecular complexity index is 920. The smallest absolute Gasteiger partial charge is 0.475 e. The van der Waals surface area contributed by atoms with Crippen LogP contribution in [0.4, 0.5) is 26.3 Å². The first kappa shape index (κ1) is 32.4. The van der Waals surface area contributed by atoms with Crippen molar-refractivity contribution in [2.75, 3.05) is 45.9 Å². The second-order valence-electron chi connectivity index (χ2n) is 8.69. The Labute approximate surface area is 209 Å². The van der Waals surface area contributed by atoms with Crippen LogP contribution in [-0.4, -0.2) is 95.2 Å². The maximum absolute atomic E-state index is 12.2. The Balaban J connectivity index is 0.000000404. The molecule has 0 saturated carbocycles. The van der Waals surface area contributed by atoms with Crippen molar-refractivity contribution in [3.05, 3.63) is 33.2 Å². The molecule has 37 heavy (non-hydrogen) atoms. The van der Waals surface area contributed by atoms with E-state index in [0.29, 0.717) is 5.92 Å². The number of alkyl halides is 6. The summed E-state index contributed by atoms with van der Waals surface area (Å²) in [6.45, 7) is 12.0. The molecule has 2 aliphatic heterocycles. The van der Waals surface area contributed by atoms with Gasteiger partial charge in [-0.1, -0.05) is 0 Å². The van der Waals surface area contributed by atoms with Crippen molar-refractivity contribution in [1.82, 2.24) is 14.8 Å². The second-order valence-corrected chi connectivity index (χ2v) is 8.69. The van der Waals surface area contributed by atoms with Gasteiger partial charge in [-0.25, -0.2) is 9.59 Å². The zero-order valence-corrected chi connectivity index (χ0v) is 20.4. The maximum atomic E-state index is 12.2. The van der Waals surface area contributed by atoms with E-state index in [1.165, 1.54) is 24.9 Å². The SMILES string of the molecule is Cc1cc(CN2CCCC(CN3CCOCC3)C2)c(=O)[nH]c1C.O=C(O)C(F)(F)F.O=C(O)C(F)(F)F. The van der Waals surface area contributed by atoms with E-state index in [4.69, 9.17) is 24.5 Å². The van der Waals surface area contributed by atoms with Gasteiger partial charge in [-0.2, -0.15) is 26.3 Å². The predicted octanol–water partition coefficient (Wildman–Crippen LogP) is 2.80. The lowest BCUT2D eigenvalue weighted by molar-refractivity contribution is -0.193. The topological polar surface area (TPSA) is 123 Å². The first-order chi connectivity index (χ1) is 17.0. The van der Waals surface area contributed by atoms with Crippen molar-refractivity contribution in [2.45, 2.75) is 45.6 Å². The Morgan fingerprint density at radius 2 is 1.51 bits per heavy atom. The van der Waals surface area contributed by atoms with Gasteiger partial charge < -0.3 is 19.9 Å². The first-order valence-corrected chi connectivity index (χ1v) is 11.3. The van der Waals surface area contributed by atoms with Gasteiger partial charge in [-0.15, -0.1) is 0 Å². The second kappa shape index (κ2) is 14.3. The third-order valence-corrected chi connectivity index (χ3v) is 5.68. The number of hydrogen-bond acceptors (Lipinski definition) is 6. The number of hydrogen-bond donors (Lipinski definition) is 3. The molecular weight excluding hydrogens is 516 g/mol. The third kappa shape index (κ3) is 12.4. The third-order valence-electron chi connectivity index (χ3n) is 5.68. The van der Waals surface area contributed by atoms with Gasteiger partial charge in [0, 0.05) is 44.0 Å². The molecule has 2 aliphatic rings. The van der Waals surface area contributed by atoms with Crippen LogP contribution in [0.15, 0.2) is 10.9 Å². The Hall–Kier alpha value is -2.65. The number of aliphatic carboxylic acids is 2. The minimum Gasteiger partial charge on any atom is -0.475 e. The van der Waals surface area contributed by atoms with Gasteiger partial charge in [-0.05, 0) is 50.8 Å². The summed E-state index contributed by atoms with van der Waals surface area (Å²) in [6.07, 6.45) is -7.63. The van der Waals surface area contributed by atoms with E-state index >= 15 is 0 Å². The molecule has 0 amide bonds. The van der Waals surface area contributed by atoms with Gasteiger partial charge in [0.05, 0.1) is 13.2 Å². The monoisotopic (exact) mass is 547 g/mol. The van der Waals surface area contributed by atoms with Crippen LogP contribution in [-0.2, 0) is 20.9 Å². The normalized spacial score (nSPS) is 19.2. The van der Waals surface area contributed by atoms with Crippen LogP contribution in [0.5, 0.6) is 0 Å². The molecule has 0 bridgehead atoms. The molecule has 1 unspecified atom stereocenters. The number of pyridine rings is 1. The average molecular weight is 547 g/mol. The number of carboxylic acid groups (broad SMARTS) is 2. The number of ether oxygens (including phenoxy) is 1. The summed E-state index contributed by atoms with van der Waals surface area (Å²) >= 11 is 0. The zero-order chi connectivity index (χ0) is 28.4. The molecule has 9 nitrogen and oxygen atoms in total. The van der Waals surface area contributed by atoms with Gasteiger partial charge in [0.15, 0.2) is 0 Å². The lowest BCUT2D eigenvalue weighted by Gasteiger charge is -2.36. The molecule has 3 N–H and O–H groups in total. The Morgan fingerprint density at radius 1 is 1.00 bits per heavy atom. The largest absolute Gasteiger partial charge is 0.490 e. The molecule has 2 fully saturated rings. The van der Waals surface area contributed by atoms with E-state index in [0.717, 1.165) is 57.2 Å². The molecule has 212 valence electrons. The van der Waals surface area contributed by atoms with Crippen LogP contribution < -0.4 is 5.56 Å². The van der Waals surface area contributed by atoms with Crippen LogP contribution >= 0.6 is 0 Å². The number of carbonyl (C=O) groups is 2. The van der Waals surface area contributed by atoms with E-state index in [1.807, 2.05) is 6.92 Å². The predicted molar refractivity (Wildman–Crippen MR) is 119 cm³/mol. The molecule has 2 saturated heterocycles. The molecule has 0 radical (unpaired) electrons. The van der Waals surface area contributed by atoms with Crippen molar-refractivity contribution < 1.29 is 50.9 Å². The van der Waals surface area contributed by atoms with Crippen LogP contribution in [0, 0.1) is 19.8 Å². The van der Waals surface area contributed by atoms with Crippen molar-refractivity contribution in [3.63, 3.8) is 0 Å². The molecule has 1 aromatic rings. The minimum atomic E-state index is -5.08. The molecule has 3 rings (SSSR count). The zero-order valence-electron chi connectivity index (χ0n) is 20.4. The minimum absolute atomic E-state index is 0.0726. The summed E-state index contributed by atoms with van der Waals surface area (Å²) in [5, 5.41) is 14.2. The Kier molecular flexibility index (Phi) is 12.5. The fourth-order valence-electron chi connectivity index (χ4n) is 3.74. The molecule has 1 aromatic heterocycles. The summed E-state index contributed by atoms with van der Waals surface area (Å²) in [5.41, 5.74) is 3.12. The number of likely N-dealkylation sites (tertiary alicyclic amines) is 1. The van der Waals surface area contributed by atoms with E-state index in [2.05, 4.69) is 27.8 Å². The quantitative estimate of drug-likeness (QED) is 0.492. The van der Waals surface area contributed by atoms with Crippen LogP contribution in [0.1, 0.15) is 29.7 Å². The maximum Gasteiger partial charge on any atom is 0.490 e. The van der Waals surface area contributed by atoms with Crippen LogP contribution in [0.25, 0.3) is 0 Å². The van der Waals surface area contributed by atoms with E-state index in [9.17, 15) is 31.1 Å². The van der Waals surface area contributed by atoms with Crippen LogP contribution in [0.2, 0.25) is 0 Å².